The van der Waals surface area contributed by atoms with E-state index in [2.05, 4.69) is 12.2 Å². The summed E-state index contributed by atoms with van der Waals surface area (Å²) in [5.41, 5.74) is 10.1. The number of aliphatic hydroxyl groups excluding tert-OH is 2. The van der Waals surface area contributed by atoms with Crippen molar-refractivity contribution >= 4 is 0 Å². The third kappa shape index (κ3) is 20.0. The van der Waals surface area contributed by atoms with Gasteiger partial charge < -0.3 is 27.0 Å². The van der Waals surface area contributed by atoms with Gasteiger partial charge in [0.1, 0.15) is 0 Å². The molecule has 0 aliphatic carbocycles. The molecule has 1 unspecified atom stereocenters. The Hall–Kier alpha value is -0.200. The minimum atomic E-state index is -0.398. The number of nitrogens with two attached hydrogens (primary N) is 2. The SMILES string of the molecule is CCCCNCCO.NCCC(O)CN. The fraction of sp³-hybridized carbons (Fsp3) is 1.00. The minimum absolute atomic E-state index is 0.254. The van der Waals surface area contributed by atoms with Gasteiger partial charge >= 0.3 is 0 Å². The molecule has 0 heterocycles. The first kappa shape index (κ1) is 17.2. The Kier molecular flexibility index (Phi) is 18.6. The highest BCUT2D eigenvalue weighted by Gasteiger charge is 1.95. The van der Waals surface area contributed by atoms with E-state index in [9.17, 15) is 0 Å². The van der Waals surface area contributed by atoms with E-state index in [0.29, 0.717) is 19.5 Å². The molecular formula is C10H27N3O2. The lowest BCUT2D eigenvalue weighted by atomic mass is 10.3. The fourth-order valence-electron chi connectivity index (χ4n) is 0.816. The van der Waals surface area contributed by atoms with Gasteiger partial charge in [0, 0.05) is 13.1 Å². The minimum Gasteiger partial charge on any atom is -0.395 e. The van der Waals surface area contributed by atoms with Gasteiger partial charge in [0.2, 0.25) is 0 Å². The van der Waals surface area contributed by atoms with Gasteiger partial charge in [-0.05, 0) is 25.9 Å². The van der Waals surface area contributed by atoms with E-state index in [0.717, 1.165) is 13.1 Å². The van der Waals surface area contributed by atoms with Crippen LogP contribution in [0.4, 0.5) is 0 Å². The summed E-state index contributed by atoms with van der Waals surface area (Å²) >= 11 is 0. The Morgan fingerprint density at radius 2 is 1.93 bits per heavy atom. The van der Waals surface area contributed by atoms with Crippen LogP contribution in [-0.2, 0) is 0 Å². The molecule has 0 aromatic heterocycles. The van der Waals surface area contributed by atoms with Crippen molar-refractivity contribution in [3.05, 3.63) is 0 Å². The monoisotopic (exact) mass is 221 g/mol. The zero-order chi connectivity index (χ0) is 11.9. The number of rotatable bonds is 8. The van der Waals surface area contributed by atoms with Crippen LogP contribution in [0.2, 0.25) is 0 Å². The molecule has 0 aliphatic heterocycles. The average Bonchev–Trinajstić information content (AvgIpc) is 2.26. The van der Waals surface area contributed by atoms with Gasteiger partial charge in [0.15, 0.2) is 0 Å². The predicted molar refractivity (Wildman–Crippen MR) is 63.6 cm³/mol. The average molecular weight is 221 g/mol. The van der Waals surface area contributed by atoms with Gasteiger partial charge in [-0.25, -0.2) is 0 Å². The maximum atomic E-state index is 8.65. The van der Waals surface area contributed by atoms with Crippen molar-refractivity contribution in [3.63, 3.8) is 0 Å². The normalized spacial score (nSPS) is 11.8. The van der Waals surface area contributed by atoms with Crippen molar-refractivity contribution in [1.29, 1.82) is 0 Å². The molecule has 0 bridgehead atoms. The van der Waals surface area contributed by atoms with Crippen LogP contribution in [0, 0.1) is 0 Å². The molecule has 0 aromatic rings. The topological polar surface area (TPSA) is 105 Å². The number of unbranched alkanes of at least 4 members (excludes halogenated alkanes) is 1. The lowest BCUT2D eigenvalue weighted by Gasteiger charge is -2.01. The second kappa shape index (κ2) is 16.2. The molecule has 0 amide bonds. The van der Waals surface area contributed by atoms with Crippen LogP contribution < -0.4 is 16.8 Å². The first-order chi connectivity index (χ1) is 7.22. The van der Waals surface area contributed by atoms with Crippen LogP contribution in [0.25, 0.3) is 0 Å². The summed E-state index contributed by atoms with van der Waals surface area (Å²) in [6.07, 6.45) is 2.64. The molecule has 94 valence electrons. The quantitative estimate of drug-likeness (QED) is 0.339. The van der Waals surface area contributed by atoms with Crippen molar-refractivity contribution in [3.8, 4) is 0 Å². The molecule has 7 N–H and O–H groups in total. The highest BCUT2D eigenvalue weighted by molar-refractivity contribution is 4.53. The van der Waals surface area contributed by atoms with E-state index < -0.39 is 6.10 Å². The molecule has 0 aliphatic rings. The van der Waals surface area contributed by atoms with Crippen LogP contribution in [-0.4, -0.2) is 49.1 Å². The molecule has 0 fully saturated rings. The molecule has 0 aromatic carbocycles. The zero-order valence-corrected chi connectivity index (χ0v) is 9.78. The van der Waals surface area contributed by atoms with E-state index in [4.69, 9.17) is 21.7 Å². The van der Waals surface area contributed by atoms with Gasteiger partial charge in [0.25, 0.3) is 0 Å². The molecule has 5 heteroatoms. The summed E-state index contributed by atoms with van der Waals surface area (Å²) < 4.78 is 0. The Morgan fingerprint density at radius 1 is 1.27 bits per heavy atom. The second-order valence-electron chi connectivity index (χ2n) is 3.29. The van der Waals surface area contributed by atoms with E-state index in [-0.39, 0.29) is 6.61 Å². The van der Waals surface area contributed by atoms with E-state index >= 15 is 0 Å². The molecule has 5 nitrogen and oxygen atoms in total. The first-order valence-electron chi connectivity index (χ1n) is 5.62. The van der Waals surface area contributed by atoms with E-state index in [1.165, 1.54) is 12.8 Å². The molecule has 0 radical (unpaired) electrons. The van der Waals surface area contributed by atoms with Gasteiger partial charge in [-0.2, -0.15) is 0 Å². The van der Waals surface area contributed by atoms with Crippen molar-refractivity contribution < 1.29 is 10.2 Å². The smallest absolute Gasteiger partial charge is 0.0674 e. The maximum Gasteiger partial charge on any atom is 0.0674 e. The van der Waals surface area contributed by atoms with E-state index in [1.807, 2.05) is 0 Å². The first-order valence-corrected chi connectivity index (χ1v) is 5.62. The van der Waals surface area contributed by atoms with Crippen molar-refractivity contribution in [1.82, 2.24) is 5.32 Å². The summed E-state index contributed by atoms with van der Waals surface area (Å²) in [4.78, 5) is 0. The number of nitrogens with one attached hydrogen (secondary N) is 1. The van der Waals surface area contributed by atoms with Crippen LogP contribution in [0.1, 0.15) is 26.2 Å². The summed E-state index contributed by atoms with van der Waals surface area (Å²) in [5, 5.41) is 20.0. The summed E-state index contributed by atoms with van der Waals surface area (Å²) in [6.45, 7) is 5.01. The van der Waals surface area contributed by atoms with Crippen LogP contribution in [0.15, 0.2) is 0 Å². The predicted octanol–water partition coefficient (Wildman–Crippen LogP) is -0.977. The number of hydrogen-bond donors (Lipinski definition) is 5. The Morgan fingerprint density at radius 3 is 2.27 bits per heavy atom. The highest BCUT2D eigenvalue weighted by Crippen LogP contribution is 1.82. The zero-order valence-electron chi connectivity index (χ0n) is 9.78. The third-order valence-corrected chi connectivity index (χ3v) is 1.77. The molecule has 0 saturated heterocycles. The summed E-state index contributed by atoms with van der Waals surface area (Å²) in [5.74, 6) is 0. The molecule has 0 spiro atoms. The molecule has 1 atom stereocenters. The van der Waals surface area contributed by atoms with Crippen LogP contribution >= 0.6 is 0 Å². The van der Waals surface area contributed by atoms with Crippen molar-refractivity contribution in [2.24, 2.45) is 11.5 Å². The standard InChI is InChI=1S/C6H15NO.C4H12N2O/c1-2-3-4-7-5-6-8;5-2-1-4(7)3-6/h7-8H,2-6H2,1H3;4,7H,1-3,5-6H2. The largest absolute Gasteiger partial charge is 0.395 e. The van der Waals surface area contributed by atoms with Crippen LogP contribution in [0.5, 0.6) is 0 Å². The van der Waals surface area contributed by atoms with Gasteiger partial charge in [-0.1, -0.05) is 13.3 Å². The van der Waals surface area contributed by atoms with E-state index in [1.54, 1.807) is 0 Å². The lowest BCUT2D eigenvalue weighted by molar-refractivity contribution is 0.175. The van der Waals surface area contributed by atoms with Crippen molar-refractivity contribution in [2.75, 3.05) is 32.8 Å². The number of aliphatic hydroxyl groups is 2. The Labute approximate surface area is 92.8 Å². The maximum absolute atomic E-state index is 8.65. The van der Waals surface area contributed by atoms with Crippen LogP contribution in [0.3, 0.4) is 0 Å². The molecule has 0 saturated carbocycles. The molecule has 0 rings (SSSR count). The van der Waals surface area contributed by atoms with Gasteiger partial charge in [-0.3, -0.25) is 0 Å². The summed E-state index contributed by atoms with van der Waals surface area (Å²) in [6, 6.07) is 0. The Bertz CT molecular complexity index is 98.7. The molecule has 15 heavy (non-hydrogen) atoms. The van der Waals surface area contributed by atoms with Crippen molar-refractivity contribution in [2.45, 2.75) is 32.3 Å². The Balaban J connectivity index is 0. The third-order valence-electron chi connectivity index (χ3n) is 1.77. The number of hydrogen-bond acceptors (Lipinski definition) is 5. The summed E-state index contributed by atoms with van der Waals surface area (Å²) in [7, 11) is 0. The van der Waals surface area contributed by atoms with Gasteiger partial charge in [0.05, 0.1) is 12.7 Å². The van der Waals surface area contributed by atoms with Gasteiger partial charge in [-0.15, -0.1) is 0 Å². The second-order valence-corrected chi connectivity index (χ2v) is 3.29. The fourth-order valence-corrected chi connectivity index (χ4v) is 0.816. The lowest BCUT2D eigenvalue weighted by Crippen LogP contribution is -2.22. The molecular weight excluding hydrogens is 194 g/mol. The highest BCUT2D eigenvalue weighted by atomic mass is 16.3.